The van der Waals surface area contributed by atoms with Gasteiger partial charge in [-0.15, -0.1) is 0 Å². The average molecular weight is 263 g/mol. The number of rotatable bonds is 4. The molecule has 0 aromatic heterocycles. The molecule has 102 valence electrons. The van der Waals surface area contributed by atoms with E-state index in [2.05, 4.69) is 0 Å². The van der Waals surface area contributed by atoms with Crippen LogP contribution < -0.4 is 4.90 Å². The van der Waals surface area contributed by atoms with Gasteiger partial charge in [0, 0.05) is 19.3 Å². The van der Waals surface area contributed by atoms with E-state index in [1.54, 1.807) is 24.3 Å². The highest BCUT2D eigenvalue weighted by atomic mass is 16.5. The number of hydrogen-bond donors (Lipinski definition) is 1. The quantitative estimate of drug-likeness (QED) is 0.896. The Morgan fingerprint density at radius 2 is 2.16 bits per heavy atom. The minimum Gasteiger partial charge on any atom is -0.481 e. The molecule has 2 rings (SSSR count). The maximum Gasteiger partial charge on any atom is 0.312 e. The van der Waals surface area contributed by atoms with Gasteiger partial charge in [0.2, 0.25) is 0 Å². The lowest BCUT2D eigenvalue weighted by molar-refractivity contribution is -0.138. The van der Waals surface area contributed by atoms with Gasteiger partial charge in [-0.05, 0) is 18.1 Å². The molecule has 1 aliphatic heterocycles. The van der Waals surface area contributed by atoms with E-state index in [-0.39, 0.29) is 12.5 Å². The van der Waals surface area contributed by atoms with Gasteiger partial charge in [-0.25, -0.2) is 0 Å². The predicted molar refractivity (Wildman–Crippen MR) is 70.3 cm³/mol. The molecule has 0 saturated heterocycles. The minimum absolute atomic E-state index is 0.174. The molecule has 0 saturated carbocycles. The number of hydrogen-bond acceptors (Lipinski definition) is 3. The van der Waals surface area contributed by atoms with Crippen molar-refractivity contribution in [1.29, 1.82) is 0 Å². The molecule has 2 atom stereocenters. The molecule has 0 fully saturated rings. The van der Waals surface area contributed by atoms with Crippen molar-refractivity contribution < 1.29 is 19.4 Å². The van der Waals surface area contributed by atoms with E-state index in [0.29, 0.717) is 17.7 Å². The Bertz CT molecular complexity index is 496. The number of anilines is 1. The van der Waals surface area contributed by atoms with Crippen molar-refractivity contribution in [2.75, 3.05) is 18.6 Å². The molecule has 0 aliphatic carbocycles. The van der Waals surface area contributed by atoms with Crippen LogP contribution in [0.15, 0.2) is 24.3 Å². The predicted octanol–water partition coefficient (Wildman–Crippen LogP) is 1.63. The second-order valence-corrected chi connectivity index (χ2v) is 4.53. The van der Waals surface area contributed by atoms with Crippen LogP contribution >= 0.6 is 0 Å². The number of fused-ring (bicyclic) bond motifs is 1. The Labute approximate surface area is 111 Å². The first-order valence-electron chi connectivity index (χ1n) is 6.26. The molecule has 1 N–H and O–H groups in total. The van der Waals surface area contributed by atoms with Crippen LogP contribution in [0, 0.1) is 0 Å². The molecular weight excluding hydrogens is 246 g/mol. The van der Waals surface area contributed by atoms with Gasteiger partial charge < -0.3 is 14.7 Å². The van der Waals surface area contributed by atoms with E-state index in [1.807, 2.05) is 6.92 Å². The number of carboxylic acids is 1. The van der Waals surface area contributed by atoms with Crippen molar-refractivity contribution >= 4 is 17.6 Å². The first-order valence-corrected chi connectivity index (χ1v) is 6.26. The molecule has 5 nitrogen and oxygen atoms in total. The zero-order valence-corrected chi connectivity index (χ0v) is 11.0. The Hall–Kier alpha value is -1.88. The first-order chi connectivity index (χ1) is 9.10. The van der Waals surface area contributed by atoms with Gasteiger partial charge >= 0.3 is 5.97 Å². The van der Waals surface area contributed by atoms with Crippen LogP contribution in [0.2, 0.25) is 0 Å². The Morgan fingerprint density at radius 3 is 2.74 bits per heavy atom. The summed E-state index contributed by atoms with van der Waals surface area (Å²) < 4.78 is 5.15. The van der Waals surface area contributed by atoms with E-state index >= 15 is 0 Å². The SMILES string of the molecule is CCC(OC)C(=O)N1CC(C(=O)O)c2ccccc21. The normalized spacial score (nSPS) is 19.1. The molecule has 1 aromatic rings. The van der Waals surface area contributed by atoms with Crippen LogP contribution in [0.5, 0.6) is 0 Å². The Kier molecular flexibility index (Phi) is 3.85. The lowest BCUT2D eigenvalue weighted by Gasteiger charge is -2.22. The highest BCUT2D eigenvalue weighted by molar-refractivity contribution is 6.01. The molecule has 2 unspecified atom stereocenters. The second-order valence-electron chi connectivity index (χ2n) is 4.53. The summed E-state index contributed by atoms with van der Waals surface area (Å²) >= 11 is 0. The lowest BCUT2D eigenvalue weighted by Crippen LogP contribution is -2.39. The van der Waals surface area contributed by atoms with Gasteiger partial charge in [0.1, 0.15) is 12.0 Å². The highest BCUT2D eigenvalue weighted by Gasteiger charge is 2.38. The van der Waals surface area contributed by atoms with Crippen molar-refractivity contribution in [3.05, 3.63) is 29.8 Å². The number of para-hydroxylation sites is 1. The number of amides is 1. The summed E-state index contributed by atoms with van der Waals surface area (Å²) in [5.74, 6) is -1.75. The topological polar surface area (TPSA) is 66.8 Å². The van der Waals surface area contributed by atoms with Crippen LogP contribution in [-0.2, 0) is 14.3 Å². The summed E-state index contributed by atoms with van der Waals surface area (Å²) in [4.78, 5) is 25.1. The molecule has 0 radical (unpaired) electrons. The van der Waals surface area contributed by atoms with Gasteiger partial charge in [-0.3, -0.25) is 9.59 Å². The molecule has 1 aliphatic rings. The fourth-order valence-electron chi connectivity index (χ4n) is 2.44. The lowest BCUT2D eigenvalue weighted by atomic mass is 10.0. The largest absolute Gasteiger partial charge is 0.481 e. The summed E-state index contributed by atoms with van der Waals surface area (Å²) in [5, 5.41) is 9.24. The molecule has 1 aromatic carbocycles. The number of aliphatic carboxylic acids is 1. The summed E-state index contributed by atoms with van der Waals surface area (Å²) in [7, 11) is 1.49. The minimum atomic E-state index is -0.909. The number of carboxylic acid groups (broad SMARTS) is 1. The first kappa shape index (κ1) is 13.5. The van der Waals surface area contributed by atoms with Crippen molar-refractivity contribution in [1.82, 2.24) is 0 Å². The van der Waals surface area contributed by atoms with E-state index in [4.69, 9.17) is 4.74 Å². The molecule has 1 amide bonds. The number of carbonyl (C=O) groups is 2. The zero-order valence-electron chi connectivity index (χ0n) is 11.0. The third kappa shape index (κ3) is 2.33. The maximum atomic E-state index is 12.3. The van der Waals surface area contributed by atoms with Crippen LogP contribution in [0.4, 0.5) is 5.69 Å². The second kappa shape index (κ2) is 5.40. The van der Waals surface area contributed by atoms with Gasteiger partial charge in [-0.2, -0.15) is 0 Å². The van der Waals surface area contributed by atoms with Crippen LogP contribution in [-0.4, -0.2) is 36.7 Å². The van der Waals surface area contributed by atoms with Gasteiger partial charge in [-0.1, -0.05) is 25.1 Å². The highest BCUT2D eigenvalue weighted by Crippen LogP contribution is 2.36. The monoisotopic (exact) mass is 263 g/mol. The van der Waals surface area contributed by atoms with Crippen molar-refractivity contribution in [2.45, 2.75) is 25.4 Å². The third-order valence-electron chi connectivity index (χ3n) is 3.46. The van der Waals surface area contributed by atoms with Gasteiger partial charge in [0.15, 0.2) is 0 Å². The summed E-state index contributed by atoms with van der Waals surface area (Å²) in [6.45, 7) is 2.04. The zero-order chi connectivity index (χ0) is 14.0. The van der Waals surface area contributed by atoms with Crippen molar-refractivity contribution in [3.8, 4) is 0 Å². The summed E-state index contributed by atoms with van der Waals surface area (Å²) in [6.07, 6.45) is 0.0340. The third-order valence-corrected chi connectivity index (χ3v) is 3.46. The number of carbonyl (C=O) groups excluding carboxylic acids is 1. The molecule has 5 heteroatoms. The smallest absolute Gasteiger partial charge is 0.312 e. The van der Waals surface area contributed by atoms with E-state index < -0.39 is 18.0 Å². The number of ether oxygens (including phenoxy) is 1. The Balaban J connectivity index is 2.35. The van der Waals surface area contributed by atoms with Gasteiger partial charge in [0.05, 0.1) is 0 Å². The molecular formula is C14H17NO4. The van der Waals surface area contributed by atoms with Crippen molar-refractivity contribution in [3.63, 3.8) is 0 Å². The average Bonchev–Trinajstić information content (AvgIpc) is 2.79. The van der Waals surface area contributed by atoms with Crippen molar-refractivity contribution in [2.24, 2.45) is 0 Å². The Morgan fingerprint density at radius 1 is 1.47 bits per heavy atom. The van der Waals surface area contributed by atoms with E-state index in [9.17, 15) is 14.7 Å². The van der Waals surface area contributed by atoms with Crippen LogP contribution in [0.3, 0.4) is 0 Å². The standard InChI is InChI=1S/C14H17NO4/c1-3-12(19-2)13(16)15-8-10(14(17)18)9-6-4-5-7-11(9)15/h4-7,10,12H,3,8H2,1-2H3,(H,17,18). The summed E-state index contributed by atoms with van der Waals surface area (Å²) in [5.41, 5.74) is 1.37. The fourth-order valence-corrected chi connectivity index (χ4v) is 2.44. The maximum absolute atomic E-state index is 12.3. The van der Waals surface area contributed by atoms with Crippen LogP contribution in [0.1, 0.15) is 24.8 Å². The molecule has 19 heavy (non-hydrogen) atoms. The molecule has 1 heterocycles. The van der Waals surface area contributed by atoms with E-state index in [1.165, 1.54) is 12.0 Å². The fraction of sp³-hybridized carbons (Fsp3) is 0.429. The number of benzene rings is 1. The summed E-state index contributed by atoms with van der Waals surface area (Å²) in [6, 6.07) is 7.13. The van der Waals surface area contributed by atoms with E-state index in [0.717, 1.165) is 0 Å². The van der Waals surface area contributed by atoms with Crippen LogP contribution in [0.25, 0.3) is 0 Å². The molecule has 0 spiro atoms. The molecule has 0 bridgehead atoms. The number of nitrogens with zero attached hydrogens (tertiary/aromatic N) is 1. The van der Waals surface area contributed by atoms with Gasteiger partial charge in [0.25, 0.3) is 5.91 Å². The number of methoxy groups -OCH3 is 1.